The van der Waals surface area contributed by atoms with Crippen molar-refractivity contribution in [3.63, 3.8) is 0 Å². The normalized spacial score (nSPS) is 11.9. The van der Waals surface area contributed by atoms with Gasteiger partial charge in [0.2, 0.25) is 21.8 Å². The smallest absolute Gasteiger partial charge is 0.244 e. The van der Waals surface area contributed by atoms with E-state index in [1.54, 1.807) is 30.3 Å². The number of nitrogens with zero attached hydrogens (tertiary/aromatic N) is 2. The number of unbranched alkanes of at least 4 members (excludes halogenated alkanes) is 1. The summed E-state index contributed by atoms with van der Waals surface area (Å²) in [5.41, 5.74) is 1.70. The predicted molar refractivity (Wildman–Crippen MR) is 164 cm³/mol. The monoisotopic (exact) mass is 619 g/mol. The van der Waals surface area contributed by atoms with Gasteiger partial charge >= 0.3 is 0 Å². The van der Waals surface area contributed by atoms with Crippen LogP contribution in [0.4, 0.5) is 5.69 Å². The molecule has 0 radical (unpaired) electrons. The molecule has 0 heterocycles. The van der Waals surface area contributed by atoms with Gasteiger partial charge in [0.15, 0.2) is 0 Å². The second kappa shape index (κ2) is 15.1. The van der Waals surface area contributed by atoms with Crippen LogP contribution in [0, 0.1) is 0 Å². The van der Waals surface area contributed by atoms with Crippen LogP contribution in [0.5, 0.6) is 5.75 Å². The highest BCUT2D eigenvalue weighted by Crippen LogP contribution is 2.33. The minimum absolute atomic E-state index is 0.0545. The van der Waals surface area contributed by atoms with Gasteiger partial charge in [0, 0.05) is 29.6 Å². The van der Waals surface area contributed by atoms with E-state index >= 15 is 0 Å². The molecule has 0 aliphatic rings. The summed E-state index contributed by atoms with van der Waals surface area (Å²) in [5.74, 6) is -0.662. The standard InChI is InChI=1S/C30H35Cl2N3O5S/c1-4-5-17-33-30(37)27(18-22-9-7-6-8-10-22)34(20-23-11-13-24(31)14-12-23)29(36)21-35(41(3,38)39)26-19-25(32)15-16-28(26)40-2/h6-16,19,27H,4-5,17-18,20-21H2,1-3H3,(H,33,37)/t27-/m0/s1. The first-order valence-corrected chi connectivity index (χ1v) is 15.8. The minimum Gasteiger partial charge on any atom is -0.495 e. The Labute approximate surface area is 252 Å². The van der Waals surface area contributed by atoms with Crippen molar-refractivity contribution in [3.05, 3.63) is 94.0 Å². The largest absolute Gasteiger partial charge is 0.495 e. The van der Waals surface area contributed by atoms with Gasteiger partial charge in [-0.05, 0) is 47.9 Å². The van der Waals surface area contributed by atoms with Gasteiger partial charge in [0.05, 0.1) is 19.1 Å². The van der Waals surface area contributed by atoms with Crippen LogP contribution < -0.4 is 14.4 Å². The molecule has 0 fully saturated rings. The minimum atomic E-state index is -3.97. The quantitative estimate of drug-likeness (QED) is 0.246. The highest BCUT2D eigenvalue weighted by Gasteiger charge is 2.33. The van der Waals surface area contributed by atoms with Gasteiger partial charge in [0.25, 0.3) is 0 Å². The summed E-state index contributed by atoms with van der Waals surface area (Å²) in [6.45, 7) is 1.96. The Hall–Kier alpha value is -3.27. The number of nitrogens with one attached hydrogen (secondary N) is 1. The molecule has 3 aromatic rings. The molecule has 3 aromatic carbocycles. The summed E-state index contributed by atoms with van der Waals surface area (Å²) >= 11 is 12.3. The van der Waals surface area contributed by atoms with Crippen LogP contribution in [0.2, 0.25) is 10.0 Å². The molecule has 0 unspecified atom stereocenters. The van der Waals surface area contributed by atoms with E-state index in [9.17, 15) is 18.0 Å². The van der Waals surface area contributed by atoms with Crippen molar-refractivity contribution in [2.75, 3.05) is 30.8 Å². The van der Waals surface area contributed by atoms with Crippen molar-refractivity contribution >= 4 is 50.7 Å². The summed E-state index contributed by atoms with van der Waals surface area (Å²) in [4.78, 5) is 29.2. The highest BCUT2D eigenvalue weighted by molar-refractivity contribution is 7.92. The van der Waals surface area contributed by atoms with Gasteiger partial charge in [-0.3, -0.25) is 13.9 Å². The molecule has 1 atom stereocenters. The van der Waals surface area contributed by atoms with Crippen LogP contribution in [0.3, 0.4) is 0 Å². The number of ether oxygens (including phenoxy) is 1. The number of anilines is 1. The second-order valence-corrected chi connectivity index (χ2v) is 12.4. The number of hydrogen-bond acceptors (Lipinski definition) is 5. The van der Waals surface area contributed by atoms with Crippen molar-refractivity contribution in [2.45, 2.75) is 38.8 Å². The lowest BCUT2D eigenvalue weighted by Crippen LogP contribution is -2.53. The Morgan fingerprint density at radius 2 is 1.61 bits per heavy atom. The average molecular weight is 621 g/mol. The summed E-state index contributed by atoms with van der Waals surface area (Å²) in [7, 11) is -2.57. The van der Waals surface area contributed by atoms with Gasteiger partial charge in [-0.25, -0.2) is 8.42 Å². The zero-order valence-corrected chi connectivity index (χ0v) is 25.7. The molecule has 0 saturated heterocycles. The van der Waals surface area contributed by atoms with Gasteiger partial charge in [-0.2, -0.15) is 0 Å². The molecular formula is C30H35Cl2N3O5S. The summed E-state index contributed by atoms with van der Waals surface area (Å²) < 4.78 is 32.3. The zero-order valence-electron chi connectivity index (χ0n) is 23.3. The Bertz CT molecular complexity index is 1420. The van der Waals surface area contributed by atoms with Crippen LogP contribution in [0.1, 0.15) is 30.9 Å². The first-order chi connectivity index (χ1) is 19.5. The highest BCUT2D eigenvalue weighted by atomic mass is 35.5. The molecule has 8 nitrogen and oxygen atoms in total. The Morgan fingerprint density at radius 1 is 0.951 bits per heavy atom. The molecule has 0 aliphatic carbocycles. The van der Waals surface area contributed by atoms with E-state index in [1.807, 2.05) is 37.3 Å². The summed E-state index contributed by atoms with van der Waals surface area (Å²) in [5, 5.41) is 3.76. The van der Waals surface area contributed by atoms with Crippen LogP contribution in [0.15, 0.2) is 72.8 Å². The first kappa shape index (κ1) is 32.2. The van der Waals surface area contributed by atoms with Crippen molar-refractivity contribution in [3.8, 4) is 5.75 Å². The molecule has 1 N–H and O–H groups in total. The lowest BCUT2D eigenvalue weighted by Gasteiger charge is -2.33. The average Bonchev–Trinajstić information content (AvgIpc) is 2.94. The Morgan fingerprint density at radius 3 is 2.22 bits per heavy atom. The number of carbonyl (C=O) groups is 2. The second-order valence-electron chi connectivity index (χ2n) is 9.58. The fraction of sp³-hybridized carbons (Fsp3) is 0.333. The lowest BCUT2D eigenvalue weighted by atomic mass is 10.0. The molecule has 11 heteroatoms. The van der Waals surface area contributed by atoms with Crippen molar-refractivity contribution in [1.82, 2.24) is 10.2 Å². The predicted octanol–water partition coefficient (Wildman–Crippen LogP) is 5.32. The molecule has 41 heavy (non-hydrogen) atoms. The molecule has 0 aliphatic heterocycles. The molecule has 0 aromatic heterocycles. The summed E-state index contributed by atoms with van der Waals surface area (Å²) in [6.07, 6.45) is 2.91. The van der Waals surface area contributed by atoms with E-state index in [4.69, 9.17) is 27.9 Å². The SMILES string of the molecule is CCCCNC(=O)[C@H](Cc1ccccc1)N(Cc1ccc(Cl)cc1)C(=O)CN(c1cc(Cl)ccc1OC)S(C)(=O)=O. The van der Waals surface area contributed by atoms with Crippen LogP contribution in [-0.2, 0) is 32.6 Å². The van der Waals surface area contributed by atoms with Crippen LogP contribution in [-0.4, -0.2) is 57.6 Å². The zero-order chi connectivity index (χ0) is 30.0. The number of benzene rings is 3. The van der Waals surface area contributed by atoms with Gasteiger partial charge in [-0.15, -0.1) is 0 Å². The number of amides is 2. The third-order valence-electron chi connectivity index (χ3n) is 6.46. The number of rotatable bonds is 14. The van der Waals surface area contributed by atoms with Crippen molar-refractivity contribution in [1.29, 1.82) is 0 Å². The third kappa shape index (κ3) is 9.38. The molecule has 3 rings (SSSR count). The molecule has 0 saturated carbocycles. The molecule has 0 bridgehead atoms. The fourth-order valence-electron chi connectivity index (χ4n) is 4.30. The topological polar surface area (TPSA) is 96.0 Å². The Kier molecular flexibility index (Phi) is 11.9. The Balaban J connectivity index is 2.07. The molecule has 2 amide bonds. The van der Waals surface area contributed by atoms with Gasteiger partial charge < -0.3 is 15.0 Å². The fourth-order valence-corrected chi connectivity index (χ4v) is 5.44. The summed E-state index contributed by atoms with van der Waals surface area (Å²) in [6, 6.07) is 19.9. The molecule has 220 valence electrons. The number of carbonyl (C=O) groups excluding carboxylic acids is 2. The number of hydrogen-bond donors (Lipinski definition) is 1. The molecule has 0 spiro atoms. The van der Waals surface area contributed by atoms with Crippen molar-refractivity contribution < 1.29 is 22.7 Å². The van der Waals surface area contributed by atoms with Crippen LogP contribution in [0.25, 0.3) is 0 Å². The van der Waals surface area contributed by atoms with E-state index in [2.05, 4.69) is 5.32 Å². The molecular weight excluding hydrogens is 585 g/mol. The van der Waals surface area contributed by atoms with E-state index in [1.165, 1.54) is 24.1 Å². The number of sulfonamides is 1. The van der Waals surface area contributed by atoms with Gasteiger partial charge in [-0.1, -0.05) is 79.0 Å². The van der Waals surface area contributed by atoms with Crippen LogP contribution >= 0.6 is 23.2 Å². The maximum atomic E-state index is 14.1. The van der Waals surface area contributed by atoms with Gasteiger partial charge in [0.1, 0.15) is 18.3 Å². The number of methoxy groups -OCH3 is 1. The lowest BCUT2D eigenvalue weighted by molar-refractivity contribution is -0.140. The van der Waals surface area contributed by atoms with E-state index in [0.29, 0.717) is 11.6 Å². The third-order valence-corrected chi connectivity index (χ3v) is 8.07. The van der Waals surface area contributed by atoms with E-state index in [-0.39, 0.29) is 35.3 Å². The maximum Gasteiger partial charge on any atom is 0.244 e. The van der Waals surface area contributed by atoms with E-state index in [0.717, 1.165) is 34.5 Å². The van der Waals surface area contributed by atoms with Crippen molar-refractivity contribution in [2.24, 2.45) is 0 Å². The first-order valence-electron chi connectivity index (χ1n) is 13.2. The van der Waals surface area contributed by atoms with E-state index < -0.39 is 28.5 Å². The maximum absolute atomic E-state index is 14.1. The number of halogens is 2.